The number of rotatable bonds is 4. The standard InChI is InChI=1S/C11H19N3OS/c1-3-4-10-12-13-11(16-10)7-14-5-6-15-8-9(14)2/h9H,3-8H2,1-2H3/t9-/m1/s1. The molecular weight excluding hydrogens is 222 g/mol. The molecule has 5 heteroatoms. The zero-order valence-corrected chi connectivity index (χ0v) is 10.8. The molecule has 1 atom stereocenters. The summed E-state index contributed by atoms with van der Waals surface area (Å²) >= 11 is 1.75. The Morgan fingerprint density at radius 2 is 2.25 bits per heavy atom. The minimum atomic E-state index is 0.493. The molecule has 0 unspecified atom stereocenters. The maximum absolute atomic E-state index is 5.42. The molecule has 1 aromatic heterocycles. The summed E-state index contributed by atoms with van der Waals surface area (Å²) in [4.78, 5) is 2.42. The number of aromatic nitrogens is 2. The molecule has 0 N–H and O–H groups in total. The van der Waals surface area contributed by atoms with Gasteiger partial charge in [-0.15, -0.1) is 21.5 Å². The third-order valence-electron chi connectivity index (χ3n) is 2.82. The Morgan fingerprint density at radius 1 is 1.44 bits per heavy atom. The van der Waals surface area contributed by atoms with Crippen LogP contribution in [0.15, 0.2) is 0 Å². The molecule has 0 aliphatic carbocycles. The molecule has 2 heterocycles. The van der Waals surface area contributed by atoms with Gasteiger partial charge in [0.15, 0.2) is 0 Å². The second kappa shape index (κ2) is 5.70. The van der Waals surface area contributed by atoms with E-state index in [0.717, 1.165) is 44.2 Å². The number of hydrogen-bond donors (Lipinski definition) is 0. The lowest BCUT2D eigenvalue weighted by molar-refractivity contribution is -0.00446. The summed E-state index contributed by atoms with van der Waals surface area (Å²) in [6, 6.07) is 0.493. The van der Waals surface area contributed by atoms with Gasteiger partial charge in [0.25, 0.3) is 0 Å². The molecule has 1 fully saturated rings. The van der Waals surface area contributed by atoms with Gasteiger partial charge in [0, 0.05) is 19.0 Å². The minimum absolute atomic E-state index is 0.493. The second-order valence-corrected chi connectivity index (χ2v) is 5.38. The van der Waals surface area contributed by atoms with Gasteiger partial charge in [-0.3, -0.25) is 4.90 Å². The van der Waals surface area contributed by atoms with Crippen molar-refractivity contribution in [3.8, 4) is 0 Å². The maximum Gasteiger partial charge on any atom is 0.131 e. The van der Waals surface area contributed by atoms with Crippen molar-refractivity contribution in [1.82, 2.24) is 15.1 Å². The van der Waals surface area contributed by atoms with Crippen LogP contribution in [-0.2, 0) is 17.7 Å². The molecule has 2 rings (SSSR count). The van der Waals surface area contributed by atoms with E-state index in [0.29, 0.717) is 6.04 Å². The molecule has 0 spiro atoms. The summed E-state index contributed by atoms with van der Waals surface area (Å²) in [6.07, 6.45) is 2.19. The third kappa shape index (κ3) is 2.99. The number of aryl methyl sites for hydroxylation is 1. The van der Waals surface area contributed by atoms with Crippen LogP contribution >= 0.6 is 11.3 Å². The summed E-state index contributed by atoms with van der Waals surface area (Å²) in [6.45, 7) is 7.97. The fourth-order valence-corrected chi connectivity index (χ4v) is 2.81. The number of hydrogen-bond acceptors (Lipinski definition) is 5. The predicted molar refractivity (Wildman–Crippen MR) is 64.6 cm³/mol. The summed E-state index contributed by atoms with van der Waals surface area (Å²) in [5.74, 6) is 0. The molecule has 0 amide bonds. The molecule has 1 saturated heterocycles. The second-order valence-electron chi connectivity index (χ2n) is 4.23. The van der Waals surface area contributed by atoms with Crippen LogP contribution in [0.2, 0.25) is 0 Å². The molecule has 0 bridgehead atoms. The Labute approximate surface area is 101 Å². The van der Waals surface area contributed by atoms with E-state index in [1.165, 1.54) is 5.01 Å². The molecule has 0 saturated carbocycles. The highest BCUT2D eigenvalue weighted by Gasteiger charge is 2.20. The van der Waals surface area contributed by atoms with Crippen LogP contribution in [0.5, 0.6) is 0 Å². The number of ether oxygens (including phenoxy) is 1. The van der Waals surface area contributed by atoms with Crippen molar-refractivity contribution in [2.45, 2.75) is 39.3 Å². The van der Waals surface area contributed by atoms with Gasteiger partial charge < -0.3 is 4.74 Å². The van der Waals surface area contributed by atoms with Gasteiger partial charge in [0.2, 0.25) is 0 Å². The SMILES string of the molecule is CCCc1nnc(CN2CCOC[C@H]2C)s1. The quantitative estimate of drug-likeness (QED) is 0.804. The zero-order chi connectivity index (χ0) is 11.4. The Bertz CT molecular complexity index is 329. The third-order valence-corrected chi connectivity index (χ3v) is 3.78. The maximum atomic E-state index is 5.42. The summed E-state index contributed by atoms with van der Waals surface area (Å²) in [7, 11) is 0. The normalized spacial score (nSPS) is 22.5. The Hall–Kier alpha value is -0.520. The molecule has 0 radical (unpaired) electrons. The smallest absolute Gasteiger partial charge is 0.131 e. The van der Waals surface area contributed by atoms with E-state index < -0.39 is 0 Å². The van der Waals surface area contributed by atoms with Gasteiger partial charge in [-0.25, -0.2) is 0 Å². The van der Waals surface area contributed by atoms with Crippen LogP contribution in [0.3, 0.4) is 0 Å². The topological polar surface area (TPSA) is 38.2 Å². The average Bonchev–Trinajstić information content (AvgIpc) is 2.70. The zero-order valence-electron chi connectivity index (χ0n) is 9.98. The number of morpholine rings is 1. The van der Waals surface area contributed by atoms with Crippen molar-refractivity contribution in [3.63, 3.8) is 0 Å². The fourth-order valence-electron chi connectivity index (χ4n) is 1.84. The highest BCUT2D eigenvalue weighted by molar-refractivity contribution is 7.11. The molecule has 90 valence electrons. The van der Waals surface area contributed by atoms with Crippen LogP contribution in [0.1, 0.15) is 30.3 Å². The van der Waals surface area contributed by atoms with E-state index >= 15 is 0 Å². The van der Waals surface area contributed by atoms with Crippen molar-refractivity contribution in [1.29, 1.82) is 0 Å². The fraction of sp³-hybridized carbons (Fsp3) is 0.818. The van der Waals surface area contributed by atoms with Crippen molar-refractivity contribution in [2.24, 2.45) is 0 Å². The first-order valence-corrected chi connectivity index (χ1v) is 6.74. The van der Waals surface area contributed by atoms with E-state index in [-0.39, 0.29) is 0 Å². The molecule has 1 aromatic rings. The number of nitrogens with zero attached hydrogens (tertiary/aromatic N) is 3. The molecule has 4 nitrogen and oxygen atoms in total. The van der Waals surface area contributed by atoms with E-state index in [2.05, 4.69) is 28.9 Å². The largest absolute Gasteiger partial charge is 0.379 e. The van der Waals surface area contributed by atoms with Crippen LogP contribution in [-0.4, -0.2) is 40.9 Å². The average molecular weight is 241 g/mol. The van der Waals surface area contributed by atoms with Crippen LogP contribution in [0.4, 0.5) is 0 Å². The van der Waals surface area contributed by atoms with Gasteiger partial charge in [-0.05, 0) is 13.3 Å². The van der Waals surface area contributed by atoms with Crippen molar-refractivity contribution in [2.75, 3.05) is 19.8 Å². The van der Waals surface area contributed by atoms with Gasteiger partial charge in [0.1, 0.15) is 10.0 Å². The Morgan fingerprint density at radius 3 is 3.00 bits per heavy atom. The van der Waals surface area contributed by atoms with Crippen LogP contribution in [0.25, 0.3) is 0 Å². The van der Waals surface area contributed by atoms with Gasteiger partial charge in [-0.2, -0.15) is 0 Å². The highest BCUT2D eigenvalue weighted by atomic mass is 32.1. The lowest BCUT2D eigenvalue weighted by Gasteiger charge is -2.32. The first-order valence-electron chi connectivity index (χ1n) is 5.92. The van der Waals surface area contributed by atoms with Gasteiger partial charge in [0.05, 0.1) is 19.8 Å². The van der Waals surface area contributed by atoms with Crippen LogP contribution < -0.4 is 0 Å². The summed E-state index contributed by atoms with van der Waals surface area (Å²) in [5, 5.41) is 10.8. The minimum Gasteiger partial charge on any atom is -0.379 e. The Kier molecular flexibility index (Phi) is 4.26. The highest BCUT2D eigenvalue weighted by Crippen LogP contribution is 2.16. The molecule has 0 aromatic carbocycles. The summed E-state index contributed by atoms with van der Waals surface area (Å²) in [5.41, 5.74) is 0. The molecule has 16 heavy (non-hydrogen) atoms. The van der Waals surface area contributed by atoms with E-state index in [9.17, 15) is 0 Å². The molecule has 1 aliphatic heterocycles. The van der Waals surface area contributed by atoms with Crippen molar-refractivity contribution in [3.05, 3.63) is 10.0 Å². The van der Waals surface area contributed by atoms with Crippen molar-refractivity contribution < 1.29 is 4.74 Å². The van der Waals surface area contributed by atoms with Crippen LogP contribution in [0, 0.1) is 0 Å². The first-order chi connectivity index (χ1) is 7.79. The molecule has 1 aliphatic rings. The lowest BCUT2D eigenvalue weighted by Crippen LogP contribution is -2.42. The van der Waals surface area contributed by atoms with E-state index in [1.54, 1.807) is 11.3 Å². The summed E-state index contributed by atoms with van der Waals surface area (Å²) < 4.78 is 5.42. The Balaban J connectivity index is 1.91. The van der Waals surface area contributed by atoms with Gasteiger partial charge in [-0.1, -0.05) is 6.92 Å². The van der Waals surface area contributed by atoms with Gasteiger partial charge >= 0.3 is 0 Å². The van der Waals surface area contributed by atoms with E-state index in [4.69, 9.17) is 4.74 Å². The monoisotopic (exact) mass is 241 g/mol. The first kappa shape index (κ1) is 12.0. The van der Waals surface area contributed by atoms with Crippen molar-refractivity contribution >= 4 is 11.3 Å². The predicted octanol–water partition coefficient (Wildman–Crippen LogP) is 1.71. The molecular formula is C11H19N3OS. The van der Waals surface area contributed by atoms with E-state index in [1.807, 2.05) is 0 Å². The lowest BCUT2D eigenvalue weighted by atomic mass is 10.2.